The molecule has 1 saturated carbocycles. The zero-order valence-electron chi connectivity index (χ0n) is 10.2. The predicted molar refractivity (Wildman–Crippen MR) is 67.5 cm³/mol. The monoisotopic (exact) mass is 248 g/mol. The van der Waals surface area contributed by atoms with Crippen molar-refractivity contribution in [3.8, 4) is 0 Å². The van der Waals surface area contributed by atoms with E-state index in [2.05, 4.69) is 0 Å². The van der Waals surface area contributed by atoms with Gasteiger partial charge in [0, 0.05) is 24.3 Å². The smallest absolute Gasteiger partial charge is 0.254 e. The van der Waals surface area contributed by atoms with Crippen molar-refractivity contribution in [2.24, 2.45) is 11.8 Å². The minimum absolute atomic E-state index is 0.0874. The van der Waals surface area contributed by atoms with Gasteiger partial charge in [0.15, 0.2) is 0 Å². The Kier molecular flexibility index (Phi) is 2.73. The molecule has 2 unspecified atom stereocenters. The maximum atomic E-state index is 13.3. The van der Waals surface area contributed by atoms with Crippen molar-refractivity contribution in [3.63, 3.8) is 0 Å². The Labute approximate surface area is 106 Å². The second-order valence-corrected chi connectivity index (χ2v) is 5.43. The molecule has 1 aromatic carbocycles. The molecule has 1 aliphatic carbocycles. The van der Waals surface area contributed by atoms with E-state index in [0.717, 1.165) is 13.1 Å². The van der Waals surface area contributed by atoms with Crippen molar-refractivity contribution >= 4 is 11.6 Å². The highest BCUT2D eigenvalue weighted by atomic mass is 19.1. The summed E-state index contributed by atoms with van der Waals surface area (Å²) in [6.45, 7) is 1.64. The average molecular weight is 248 g/mol. The van der Waals surface area contributed by atoms with E-state index in [-0.39, 0.29) is 5.91 Å². The summed E-state index contributed by atoms with van der Waals surface area (Å²) in [5, 5.41) is 0. The molecule has 1 heterocycles. The Morgan fingerprint density at radius 1 is 1.22 bits per heavy atom. The number of amides is 1. The summed E-state index contributed by atoms with van der Waals surface area (Å²) in [4.78, 5) is 14.1. The summed E-state index contributed by atoms with van der Waals surface area (Å²) in [5.41, 5.74) is 6.25. The Balaban J connectivity index is 1.78. The molecular formula is C14H17FN2O. The molecule has 1 saturated heterocycles. The summed E-state index contributed by atoms with van der Waals surface area (Å²) in [5.74, 6) is 0.771. The first-order chi connectivity index (χ1) is 8.63. The first-order valence-corrected chi connectivity index (χ1v) is 6.49. The lowest BCUT2D eigenvalue weighted by molar-refractivity contribution is 0.0780. The van der Waals surface area contributed by atoms with Gasteiger partial charge in [-0.1, -0.05) is 6.42 Å². The van der Waals surface area contributed by atoms with Crippen LogP contribution < -0.4 is 5.73 Å². The largest absolute Gasteiger partial charge is 0.399 e. The highest BCUT2D eigenvalue weighted by Crippen LogP contribution is 2.38. The molecule has 96 valence electrons. The molecular weight excluding hydrogens is 231 g/mol. The van der Waals surface area contributed by atoms with Crippen LogP contribution in [0.5, 0.6) is 0 Å². The Hall–Kier alpha value is -1.58. The zero-order valence-corrected chi connectivity index (χ0v) is 10.2. The lowest BCUT2D eigenvalue weighted by Gasteiger charge is -2.17. The molecule has 2 atom stereocenters. The average Bonchev–Trinajstić information content (AvgIpc) is 2.86. The number of carbonyl (C=O) groups excluding carboxylic acids is 1. The van der Waals surface area contributed by atoms with Gasteiger partial charge < -0.3 is 10.6 Å². The van der Waals surface area contributed by atoms with E-state index in [1.165, 1.54) is 31.4 Å². The fourth-order valence-corrected chi connectivity index (χ4v) is 3.32. The van der Waals surface area contributed by atoms with Gasteiger partial charge in [0.2, 0.25) is 0 Å². The zero-order chi connectivity index (χ0) is 12.7. The van der Waals surface area contributed by atoms with Crippen molar-refractivity contribution in [1.82, 2.24) is 4.90 Å². The van der Waals surface area contributed by atoms with E-state index >= 15 is 0 Å². The summed E-state index contributed by atoms with van der Waals surface area (Å²) >= 11 is 0. The first kappa shape index (κ1) is 11.5. The molecule has 1 aliphatic heterocycles. The summed E-state index contributed by atoms with van der Waals surface area (Å²) < 4.78 is 13.3. The predicted octanol–water partition coefficient (Wildman–Crippen LogP) is 2.28. The number of hydrogen-bond donors (Lipinski definition) is 1. The van der Waals surface area contributed by atoms with Crippen LogP contribution in [0.4, 0.5) is 10.1 Å². The van der Waals surface area contributed by atoms with Gasteiger partial charge in [-0.2, -0.15) is 0 Å². The fourth-order valence-electron chi connectivity index (χ4n) is 3.32. The Morgan fingerprint density at radius 2 is 1.89 bits per heavy atom. The van der Waals surface area contributed by atoms with E-state index in [4.69, 9.17) is 5.73 Å². The summed E-state index contributed by atoms with van der Waals surface area (Å²) in [6.07, 6.45) is 3.73. The molecule has 18 heavy (non-hydrogen) atoms. The number of nitrogens with zero attached hydrogens (tertiary/aromatic N) is 1. The van der Waals surface area contributed by atoms with Crippen molar-refractivity contribution in [2.45, 2.75) is 19.3 Å². The van der Waals surface area contributed by atoms with E-state index in [0.29, 0.717) is 23.1 Å². The maximum absolute atomic E-state index is 13.3. The number of rotatable bonds is 1. The van der Waals surface area contributed by atoms with Crippen LogP contribution in [0.1, 0.15) is 29.6 Å². The SMILES string of the molecule is Nc1cc(F)cc(C(=O)N2CC3CCCC3C2)c1. The van der Waals surface area contributed by atoms with Crippen LogP contribution in [-0.2, 0) is 0 Å². The standard InChI is InChI=1S/C14H17FN2O/c15-12-4-11(5-13(16)6-12)14(18)17-7-9-2-1-3-10(9)8-17/h4-6,9-10H,1-3,7-8,16H2. The quantitative estimate of drug-likeness (QED) is 0.775. The van der Waals surface area contributed by atoms with Crippen LogP contribution in [0, 0.1) is 17.7 Å². The van der Waals surface area contributed by atoms with Crippen LogP contribution in [0.15, 0.2) is 18.2 Å². The fraction of sp³-hybridized carbons (Fsp3) is 0.500. The van der Waals surface area contributed by atoms with Gasteiger partial charge in [0.1, 0.15) is 5.82 Å². The Bertz CT molecular complexity index is 456. The number of hydrogen-bond acceptors (Lipinski definition) is 2. The van der Waals surface area contributed by atoms with Crippen LogP contribution in [0.2, 0.25) is 0 Å². The minimum Gasteiger partial charge on any atom is -0.399 e. The van der Waals surface area contributed by atoms with Crippen LogP contribution in [-0.4, -0.2) is 23.9 Å². The second kappa shape index (κ2) is 4.26. The van der Waals surface area contributed by atoms with Gasteiger partial charge in [-0.25, -0.2) is 4.39 Å². The molecule has 0 radical (unpaired) electrons. The number of anilines is 1. The minimum atomic E-state index is -0.447. The number of benzene rings is 1. The molecule has 0 bridgehead atoms. The van der Waals surface area contributed by atoms with Gasteiger partial charge in [0.25, 0.3) is 5.91 Å². The van der Waals surface area contributed by atoms with Gasteiger partial charge in [-0.3, -0.25) is 4.79 Å². The molecule has 3 nitrogen and oxygen atoms in total. The topological polar surface area (TPSA) is 46.3 Å². The van der Waals surface area contributed by atoms with E-state index in [1.807, 2.05) is 4.90 Å². The van der Waals surface area contributed by atoms with Gasteiger partial charge in [-0.05, 0) is 42.9 Å². The molecule has 2 N–H and O–H groups in total. The van der Waals surface area contributed by atoms with E-state index in [1.54, 1.807) is 6.07 Å². The number of nitrogens with two attached hydrogens (primary N) is 1. The van der Waals surface area contributed by atoms with Gasteiger partial charge >= 0.3 is 0 Å². The molecule has 2 aliphatic rings. The lowest BCUT2D eigenvalue weighted by Crippen LogP contribution is -2.29. The van der Waals surface area contributed by atoms with E-state index in [9.17, 15) is 9.18 Å². The number of halogens is 1. The number of fused-ring (bicyclic) bond motifs is 1. The third-order valence-corrected chi connectivity index (χ3v) is 4.18. The van der Waals surface area contributed by atoms with Crippen LogP contribution in [0.25, 0.3) is 0 Å². The third-order valence-electron chi connectivity index (χ3n) is 4.18. The number of nitrogen functional groups attached to an aromatic ring is 1. The highest BCUT2D eigenvalue weighted by Gasteiger charge is 2.38. The van der Waals surface area contributed by atoms with Crippen molar-refractivity contribution in [3.05, 3.63) is 29.6 Å². The van der Waals surface area contributed by atoms with Crippen molar-refractivity contribution in [2.75, 3.05) is 18.8 Å². The van der Waals surface area contributed by atoms with Gasteiger partial charge in [-0.15, -0.1) is 0 Å². The van der Waals surface area contributed by atoms with Crippen molar-refractivity contribution in [1.29, 1.82) is 0 Å². The molecule has 0 spiro atoms. The normalized spacial score (nSPS) is 26.4. The molecule has 2 fully saturated rings. The molecule has 4 heteroatoms. The van der Waals surface area contributed by atoms with Crippen LogP contribution in [0.3, 0.4) is 0 Å². The number of carbonyl (C=O) groups is 1. The summed E-state index contributed by atoms with van der Waals surface area (Å²) in [6, 6.07) is 4.06. The van der Waals surface area contributed by atoms with E-state index < -0.39 is 5.82 Å². The Morgan fingerprint density at radius 3 is 2.50 bits per heavy atom. The second-order valence-electron chi connectivity index (χ2n) is 5.43. The molecule has 1 amide bonds. The lowest BCUT2D eigenvalue weighted by atomic mass is 10.0. The van der Waals surface area contributed by atoms with Crippen LogP contribution >= 0.6 is 0 Å². The first-order valence-electron chi connectivity index (χ1n) is 6.49. The molecule has 1 aromatic rings. The highest BCUT2D eigenvalue weighted by molar-refractivity contribution is 5.95. The number of likely N-dealkylation sites (tertiary alicyclic amines) is 1. The van der Waals surface area contributed by atoms with Crippen molar-refractivity contribution < 1.29 is 9.18 Å². The summed E-state index contributed by atoms with van der Waals surface area (Å²) in [7, 11) is 0. The third kappa shape index (κ3) is 1.96. The maximum Gasteiger partial charge on any atom is 0.254 e. The molecule has 0 aromatic heterocycles. The van der Waals surface area contributed by atoms with Gasteiger partial charge in [0.05, 0.1) is 0 Å². The molecule has 3 rings (SSSR count).